The molecule has 0 radical (unpaired) electrons. The molecule has 2 aliphatic rings. The van der Waals surface area contributed by atoms with Crippen LogP contribution >= 0.6 is 11.5 Å². The van der Waals surface area contributed by atoms with E-state index in [1.54, 1.807) is 16.4 Å². The van der Waals surface area contributed by atoms with Gasteiger partial charge in [0.1, 0.15) is 5.82 Å². The topological polar surface area (TPSA) is 66.4 Å². The van der Waals surface area contributed by atoms with Crippen LogP contribution in [0.25, 0.3) is 0 Å². The van der Waals surface area contributed by atoms with Gasteiger partial charge < -0.3 is 4.90 Å². The van der Waals surface area contributed by atoms with Crippen LogP contribution < -0.4 is 4.90 Å². The van der Waals surface area contributed by atoms with Gasteiger partial charge in [0.2, 0.25) is 15.2 Å². The zero-order valence-electron chi connectivity index (χ0n) is 19.3. The second-order valence-corrected chi connectivity index (χ2v) is 12.4. The molecule has 172 valence electrons. The van der Waals surface area contributed by atoms with Gasteiger partial charge in [0.05, 0.1) is 4.90 Å². The summed E-state index contributed by atoms with van der Waals surface area (Å²) in [5, 5.41) is 0.875. The Morgan fingerprint density at radius 2 is 1.78 bits per heavy atom. The third-order valence-corrected chi connectivity index (χ3v) is 8.81. The van der Waals surface area contributed by atoms with Crippen molar-refractivity contribution < 1.29 is 8.42 Å². The Labute approximate surface area is 195 Å². The van der Waals surface area contributed by atoms with Crippen molar-refractivity contribution in [1.29, 1.82) is 0 Å². The minimum absolute atomic E-state index is 0.00323. The smallest absolute Gasteiger partial charge is 0.243 e. The van der Waals surface area contributed by atoms with Gasteiger partial charge >= 0.3 is 0 Å². The standard InChI is InChI=1S/C24H32N4O2S2/c1-18-5-7-19(8-6-18)17-22-25-23(31-26-22)27-13-15-28(16-14-27)32(29,30)21-11-9-20(10-12-21)24(2,3)4/h5,7-12,18H,6,13-17H2,1-4H3. The minimum Gasteiger partial charge on any atom is -0.344 e. The van der Waals surface area contributed by atoms with Gasteiger partial charge in [-0.2, -0.15) is 8.68 Å². The average molecular weight is 473 g/mol. The van der Waals surface area contributed by atoms with E-state index < -0.39 is 10.0 Å². The van der Waals surface area contributed by atoms with Crippen LogP contribution in [0.5, 0.6) is 0 Å². The van der Waals surface area contributed by atoms with Crippen LogP contribution in [0.15, 0.2) is 53.0 Å². The maximum absolute atomic E-state index is 13.1. The Balaban J connectivity index is 1.37. The number of hydrogen-bond acceptors (Lipinski definition) is 6. The molecular weight excluding hydrogens is 440 g/mol. The molecule has 1 aromatic carbocycles. The van der Waals surface area contributed by atoms with E-state index in [4.69, 9.17) is 4.98 Å². The largest absolute Gasteiger partial charge is 0.344 e. The SMILES string of the molecule is CC1C=CC(Cc2nsc(N3CCN(S(=O)(=O)c4ccc(C(C)(C)C)cc4)CC3)n2)=CC1. The molecule has 1 aliphatic heterocycles. The molecule has 0 spiro atoms. The number of allylic oxidation sites excluding steroid dienone is 4. The van der Waals surface area contributed by atoms with E-state index in [1.807, 2.05) is 12.1 Å². The summed E-state index contributed by atoms with van der Waals surface area (Å²) in [6.45, 7) is 10.7. The fraction of sp³-hybridized carbons (Fsp3) is 0.500. The highest BCUT2D eigenvalue weighted by Crippen LogP contribution is 2.27. The van der Waals surface area contributed by atoms with Crippen LogP contribution in [0, 0.1) is 5.92 Å². The zero-order chi connectivity index (χ0) is 22.9. The van der Waals surface area contributed by atoms with Gasteiger partial charge in [0.25, 0.3) is 0 Å². The van der Waals surface area contributed by atoms with E-state index in [0.29, 0.717) is 37.0 Å². The zero-order valence-corrected chi connectivity index (χ0v) is 20.9. The van der Waals surface area contributed by atoms with Gasteiger partial charge in [0, 0.05) is 44.1 Å². The van der Waals surface area contributed by atoms with E-state index in [-0.39, 0.29) is 5.41 Å². The normalized spacial score (nSPS) is 20.4. The summed E-state index contributed by atoms with van der Waals surface area (Å²) in [5.41, 5.74) is 2.39. The first kappa shape index (κ1) is 23.1. The molecule has 0 N–H and O–H groups in total. The van der Waals surface area contributed by atoms with Crippen LogP contribution in [0.1, 0.15) is 45.5 Å². The van der Waals surface area contributed by atoms with Crippen molar-refractivity contribution >= 4 is 26.7 Å². The third kappa shape index (κ3) is 5.13. The highest BCUT2D eigenvalue weighted by atomic mass is 32.2. The maximum Gasteiger partial charge on any atom is 0.243 e. The number of benzene rings is 1. The van der Waals surface area contributed by atoms with E-state index in [1.165, 1.54) is 17.1 Å². The van der Waals surface area contributed by atoms with Crippen LogP contribution in [-0.4, -0.2) is 48.3 Å². The molecule has 32 heavy (non-hydrogen) atoms. The first-order chi connectivity index (χ1) is 15.1. The average Bonchev–Trinajstić information content (AvgIpc) is 3.23. The van der Waals surface area contributed by atoms with E-state index >= 15 is 0 Å². The van der Waals surface area contributed by atoms with E-state index in [0.717, 1.165) is 29.4 Å². The maximum atomic E-state index is 13.1. The second kappa shape index (κ2) is 9.08. The molecule has 1 aliphatic carbocycles. The lowest BCUT2D eigenvalue weighted by atomic mass is 9.87. The summed E-state index contributed by atoms with van der Waals surface area (Å²) in [5.74, 6) is 1.44. The highest BCUT2D eigenvalue weighted by molar-refractivity contribution is 7.89. The van der Waals surface area contributed by atoms with Crippen molar-refractivity contribution in [2.45, 2.75) is 50.8 Å². The van der Waals surface area contributed by atoms with Crippen molar-refractivity contribution in [3.63, 3.8) is 0 Å². The van der Waals surface area contributed by atoms with Gasteiger partial charge in [-0.3, -0.25) is 0 Å². The van der Waals surface area contributed by atoms with E-state index in [2.05, 4.69) is 55.2 Å². The van der Waals surface area contributed by atoms with Gasteiger partial charge in [-0.1, -0.05) is 58.1 Å². The van der Waals surface area contributed by atoms with Crippen molar-refractivity contribution in [3.05, 3.63) is 59.5 Å². The van der Waals surface area contributed by atoms with Gasteiger partial charge in [0.15, 0.2) is 0 Å². The first-order valence-electron chi connectivity index (χ1n) is 11.2. The quantitative estimate of drug-likeness (QED) is 0.645. The predicted molar refractivity (Wildman–Crippen MR) is 131 cm³/mol. The molecule has 4 rings (SSSR count). The third-order valence-electron chi connectivity index (χ3n) is 6.08. The Morgan fingerprint density at radius 3 is 2.38 bits per heavy atom. The van der Waals surface area contributed by atoms with Crippen LogP contribution in [0.2, 0.25) is 0 Å². The van der Waals surface area contributed by atoms with Crippen molar-refractivity contribution in [3.8, 4) is 0 Å². The lowest BCUT2D eigenvalue weighted by Gasteiger charge is -2.33. The Kier molecular flexibility index (Phi) is 6.56. The summed E-state index contributed by atoms with van der Waals surface area (Å²) in [6, 6.07) is 7.30. The van der Waals surface area contributed by atoms with Crippen molar-refractivity contribution in [2.75, 3.05) is 31.1 Å². The molecule has 0 saturated carbocycles. The predicted octanol–water partition coefficient (Wildman–Crippen LogP) is 4.41. The first-order valence-corrected chi connectivity index (χ1v) is 13.4. The number of nitrogens with zero attached hydrogens (tertiary/aromatic N) is 4. The van der Waals surface area contributed by atoms with Gasteiger partial charge in [-0.05, 0) is 41.0 Å². The monoisotopic (exact) mass is 472 g/mol. The summed E-state index contributed by atoms with van der Waals surface area (Å²) in [4.78, 5) is 7.22. The molecule has 1 fully saturated rings. The van der Waals surface area contributed by atoms with Crippen LogP contribution in [0.3, 0.4) is 0 Å². The second-order valence-electron chi connectivity index (χ2n) is 9.69. The Bertz CT molecular complexity index is 1100. The Morgan fingerprint density at radius 1 is 1.09 bits per heavy atom. The molecule has 1 saturated heterocycles. The number of anilines is 1. The molecule has 1 unspecified atom stereocenters. The molecule has 6 nitrogen and oxygen atoms in total. The van der Waals surface area contributed by atoms with Crippen LogP contribution in [0.4, 0.5) is 5.13 Å². The molecule has 2 heterocycles. The molecule has 1 aromatic heterocycles. The molecule has 0 bridgehead atoms. The summed E-state index contributed by atoms with van der Waals surface area (Å²) in [7, 11) is -3.49. The number of hydrogen-bond donors (Lipinski definition) is 0. The van der Waals surface area contributed by atoms with Crippen molar-refractivity contribution in [1.82, 2.24) is 13.7 Å². The van der Waals surface area contributed by atoms with E-state index in [9.17, 15) is 8.42 Å². The molecule has 0 amide bonds. The fourth-order valence-corrected chi connectivity index (χ4v) is 6.08. The van der Waals surface area contributed by atoms with Gasteiger partial charge in [-0.15, -0.1) is 0 Å². The minimum atomic E-state index is -3.49. The number of sulfonamides is 1. The number of piperazine rings is 1. The fourth-order valence-electron chi connectivity index (χ4n) is 3.93. The molecule has 2 aromatic rings. The molecule has 1 atom stereocenters. The van der Waals surface area contributed by atoms with Crippen LogP contribution in [-0.2, 0) is 21.9 Å². The van der Waals surface area contributed by atoms with Gasteiger partial charge in [-0.25, -0.2) is 13.4 Å². The van der Waals surface area contributed by atoms with Crippen molar-refractivity contribution in [2.24, 2.45) is 5.92 Å². The number of rotatable bonds is 5. The molecular formula is C24H32N4O2S2. The Hall–Kier alpha value is -2.03. The summed E-state index contributed by atoms with van der Waals surface area (Å²) < 4.78 is 32.3. The lowest BCUT2D eigenvalue weighted by molar-refractivity contribution is 0.384. The summed E-state index contributed by atoms with van der Waals surface area (Å²) in [6.07, 6.45) is 8.49. The summed E-state index contributed by atoms with van der Waals surface area (Å²) >= 11 is 1.40. The number of aromatic nitrogens is 2. The lowest BCUT2D eigenvalue weighted by Crippen LogP contribution is -2.48. The highest BCUT2D eigenvalue weighted by Gasteiger charge is 2.30. The molecule has 8 heteroatoms.